The first-order valence-electron chi connectivity index (χ1n) is 2.38. The first kappa shape index (κ1) is 3.78. The number of rotatable bonds is 0. The summed E-state index contributed by atoms with van der Waals surface area (Å²) < 4.78 is 0. The summed E-state index contributed by atoms with van der Waals surface area (Å²) in [6.07, 6.45) is 8.18. The average molecular weight is 103 g/mol. The monoisotopic (exact) mass is 103 g/mol. The molecule has 0 saturated carbocycles. The van der Waals surface area contributed by atoms with Crippen molar-refractivity contribution in [3.63, 3.8) is 0 Å². The van der Waals surface area contributed by atoms with Crippen molar-refractivity contribution in [3.8, 4) is 0 Å². The Morgan fingerprint density at radius 1 is 1.50 bits per heavy atom. The van der Waals surface area contributed by atoms with Crippen LogP contribution in [0.25, 0.3) is 0 Å². The van der Waals surface area contributed by atoms with E-state index in [0.717, 1.165) is 11.4 Å². The van der Waals surface area contributed by atoms with Gasteiger partial charge in [0.1, 0.15) is 0 Å². The van der Waals surface area contributed by atoms with Gasteiger partial charge in [0.05, 0.1) is 6.21 Å². The summed E-state index contributed by atoms with van der Waals surface area (Å²) in [5.41, 5.74) is 1.07. The number of hydrogen-bond acceptors (Lipinski definition) is 2. The van der Waals surface area contributed by atoms with E-state index in [-0.39, 0.29) is 0 Å². The fourth-order valence-corrected chi connectivity index (χ4v) is 0.706. The number of nitrogens with zero attached hydrogens (tertiary/aromatic N) is 2. The van der Waals surface area contributed by atoms with Gasteiger partial charge in [0.2, 0.25) is 0 Å². The summed E-state index contributed by atoms with van der Waals surface area (Å²) >= 11 is 0. The Kier molecular flexibility index (Phi) is 0.545. The Morgan fingerprint density at radius 2 is 2.50 bits per heavy atom. The predicted octanol–water partition coefficient (Wildman–Crippen LogP) is 0.800. The lowest BCUT2D eigenvalue weighted by atomic mass is 10.3. The second kappa shape index (κ2) is 1.15. The zero-order valence-corrected chi connectivity index (χ0v) is 4.13. The number of allylic oxidation sites excluding steroid dienone is 1. The zero-order chi connectivity index (χ0) is 5.40. The molecule has 2 rings (SSSR count). The number of fused-ring (bicyclic) bond motifs is 1. The van der Waals surface area contributed by atoms with Crippen molar-refractivity contribution in [2.75, 3.05) is 0 Å². The van der Waals surface area contributed by atoms with E-state index in [4.69, 9.17) is 0 Å². The van der Waals surface area contributed by atoms with E-state index < -0.39 is 0 Å². The van der Waals surface area contributed by atoms with E-state index in [2.05, 4.69) is 16.2 Å². The van der Waals surface area contributed by atoms with Crippen molar-refractivity contribution in [1.29, 1.82) is 0 Å². The summed E-state index contributed by atoms with van der Waals surface area (Å²) in [5.74, 6) is 0.796. The summed E-state index contributed by atoms with van der Waals surface area (Å²) in [6.45, 7) is 0. The molecule has 2 nitrogen and oxygen atoms in total. The first-order chi connectivity index (χ1) is 3.97. The van der Waals surface area contributed by atoms with E-state index in [1.807, 2.05) is 12.2 Å². The van der Waals surface area contributed by atoms with E-state index >= 15 is 0 Å². The number of amidine groups is 1. The lowest BCUT2D eigenvalue weighted by molar-refractivity contribution is 1.57. The highest BCUT2D eigenvalue weighted by Gasteiger charge is 2.08. The molecule has 0 bridgehead atoms. The van der Waals surface area contributed by atoms with E-state index in [0.29, 0.717) is 0 Å². The molecule has 0 aliphatic carbocycles. The lowest BCUT2D eigenvalue weighted by Crippen LogP contribution is -1.84. The fraction of sp³-hybridized carbons (Fsp3) is 0. The highest BCUT2D eigenvalue weighted by molar-refractivity contribution is 6.14. The molecule has 0 N–H and O–H groups in total. The lowest BCUT2D eigenvalue weighted by Gasteiger charge is -1.81. The summed E-state index contributed by atoms with van der Waals surface area (Å²) in [5, 5.41) is 0. The summed E-state index contributed by atoms with van der Waals surface area (Å²) in [7, 11) is 0. The molecule has 0 aromatic carbocycles. The molecular formula is C6H3N2. The van der Waals surface area contributed by atoms with Gasteiger partial charge >= 0.3 is 0 Å². The van der Waals surface area contributed by atoms with Crippen molar-refractivity contribution in [2.24, 2.45) is 9.98 Å². The Morgan fingerprint density at radius 3 is 3.38 bits per heavy atom. The Balaban J connectivity index is 2.59. The molecule has 0 amide bonds. The molecule has 0 spiro atoms. The van der Waals surface area contributed by atoms with Crippen LogP contribution in [0.3, 0.4) is 0 Å². The van der Waals surface area contributed by atoms with Crippen LogP contribution in [-0.4, -0.2) is 12.1 Å². The van der Waals surface area contributed by atoms with Crippen LogP contribution in [0, 0.1) is 0 Å². The molecule has 0 saturated heterocycles. The minimum atomic E-state index is 0.796. The maximum absolute atomic E-state index is 3.94. The SMILES string of the molecule is [C]1=NC2=NC=CC2=C1. The molecule has 0 unspecified atom stereocenters. The smallest absolute Gasteiger partial charge is 0.159 e. The van der Waals surface area contributed by atoms with Gasteiger partial charge in [-0.25, -0.2) is 9.98 Å². The third kappa shape index (κ3) is 0.320. The van der Waals surface area contributed by atoms with Crippen molar-refractivity contribution >= 4 is 12.1 Å². The number of hydrogen-bond donors (Lipinski definition) is 0. The Hall–Kier alpha value is -1.18. The molecular weight excluding hydrogens is 100 g/mol. The van der Waals surface area contributed by atoms with Crippen LogP contribution in [0.1, 0.15) is 0 Å². The van der Waals surface area contributed by atoms with Gasteiger partial charge in [0.25, 0.3) is 0 Å². The summed E-state index contributed by atoms with van der Waals surface area (Å²) in [4.78, 5) is 7.78. The normalized spacial score (nSPS) is 21.0. The fourth-order valence-electron chi connectivity index (χ4n) is 0.706. The van der Waals surface area contributed by atoms with Crippen molar-refractivity contribution in [3.05, 3.63) is 23.9 Å². The van der Waals surface area contributed by atoms with Crippen LogP contribution in [0.5, 0.6) is 0 Å². The largest absolute Gasteiger partial charge is 0.237 e. The minimum absolute atomic E-state index is 0.796. The van der Waals surface area contributed by atoms with Gasteiger partial charge in [-0.3, -0.25) is 0 Å². The number of aliphatic imine (C=N–C) groups is 2. The Labute approximate surface area is 47.0 Å². The molecule has 2 heterocycles. The third-order valence-electron chi connectivity index (χ3n) is 1.10. The molecule has 0 aromatic heterocycles. The standard InChI is InChI=1S/C6H3N2/c1-3-7-6-5(1)2-4-8-6/h1-3H. The van der Waals surface area contributed by atoms with Gasteiger partial charge in [-0.2, -0.15) is 0 Å². The van der Waals surface area contributed by atoms with Crippen LogP contribution in [0.15, 0.2) is 33.9 Å². The molecule has 2 heteroatoms. The highest BCUT2D eigenvalue weighted by atomic mass is 14.9. The topological polar surface area (TPSA) is 24.7 Å². The van der Waals surface area contributed by atoms with Gasteiger partial charge < -0.3 is 0 Å². The van der Waals surface area contributed by atoms with Gasteiger partial charge in [-0.15, -0.1) is 0 Å². The molecule has 1 radical (unpaired) electrons. The highest BCUT2D eigenvalue weighted by Crippen LogP contribution is 2.12. The van der Waals surface area contributed by atoms with Gasteiger partial charge in [0, 0.05) is 11.8 Å². The van der Waals surface area contributed by atoms with Crippen LogP contribution < -0.4 is 0 Å². The van der Waals surface area contributed by atoms with E-state index in [1.54, 1.807) is 6.20 Å². The van der Waals surface area contributed by atoms with Crippen LogP contribution >= 0.6 is 0 Å². The van der Waals surface area contributed by atoms with Crippen LogP contribution in [0.2, 0.25) is 0 Å². The quantitative estimate of drug-likeness (QED) is 0.433. The molecule has 0 atom stereocenters. The summed E-state index contributed by atoms with van der Waals surface area (Å²) in [6, 6.07) is 0. The zero-order valence-electron chi connectivity index (χ0n) is 4.13. The van der Waals surface area contributed by atoms with Crippen molar-refractivity contribution < 1.29 is 0 Å². The molecule has 0 aromatic rings. The van der Waals surface area contributed by atoms with Gasteiger partial charge in [-0.05, 0) is 12.2 Å². The predicted molar refractivity (Wildman–Crippen MR) is 32.1 cm³/mol. The maximum atomic E-state index is 3.94. The molecule has 2 aliphatic heterocycles. The van der Waals surface area contributed by atoms with Crippen molar-refractivity contribution in [2.45, 2.75) is 0 Å². The van der Waals surface area contributed by atoms with Crippen LogP contribution in [-0.2, 0) is 0 Å². The average Bonchev–Trinajstić information content (AvgIpc) is 2.15. The second-order valence-electron chi connectivity index (χ2n) is 1.61. The molecule has 0 fully saturated rings. The minimum Gasteiger partial charge on any atom is -0.237 e. The molecule has 2 aliphatic rings. The van der Waals surface area contributed by atoms with E-state index in [1.165, 1.54) is 0 Å². The first-order valence-corrected chi connectivity index (χ1v) is 2.38. The third-order valence-corrected chi connectivity index (χ3v) is 1.10. The molecule has 8 heavy (non-hydrogen) atoms. The van der Waals surface area contributed by atoms with Crippen molar-refractivity contribution in [1.82, 2.24) is 0 Å². The molecule has 37 valence electrons. The van der Waals surface area contributed by atoms with Gasteiger partial charge in [0.15, 0.2) is 5.84 Å². The Bertz CT molecular complexity index is 205. The van der Waals surface area contributed by atoms with Crippen LogP contribution in [0.4, 0.5) is 0 Å². The van der Waals surface area contributed by atoms with Gasteiger partial charge in [-0.1, -0.05) is 0 Å². The maximum Gasteiger partial charge on any atom is 0.159 e. The van der Waals surface area contributed by atoms with E-state index in [9.17, 15) is 0 Å². The second-order valence-corrected chi connectivity index (χ2v) is 1.61.